The van der Waals surface area contributed by atoms with Gasteiger partial charge in [0.2, 0.25) is 0 Å². The number of esters is 1. The van der Waals surface area contributed by atoms with Crippen LogP contribution in [0.4, 0.5) is 5.69 Å². The molecule has 0 aliphatic carbocycles. The molecule has 102 valence electrons. The average Bonchev–Trinajstić information content (AvgIpc) is 2.32. The molecule has 0 saturated carbocycles. The molecule has 0 bridgehead atoms. The van der Waals surface area contributed by atoms with Crippen LogP contribution in [-0.4, -0.2) is 27.9 Å². The Morgan fingerprint density at radius 1 is 1.47 bits per heavy atom. The number of carbonyl (C=O) groups excluding carboxylic acids is 1. The number of halogens is 2. The number of fused-ring (bicyclic) bond motifs is 1. The average molecular weight is 302 g/mol. The van der Waals surface area contributed by atoms with Crippen molar-refractivity contribution in [2.45, 2.75) is 31.5 Å². The largest absolute Gasteiger partial charge is 0.456 e. The second-order valence-electron chi connectivity index (χ2n) is 5.04. The van der Waals surface area contributed by atoms with Crippen LogP contribution in [0.25, 0.3) is 0 Å². The second-order valence-corrected chi connectivity index (χ2v) is 5.90. The topological polar surface area (TPSA) is 54.8 Å². The molecule has 5 nitrogen and oxygen atoms in total. The molecule has 0 N–H and O–H groups in total. The van der Waals surface area contributed by atoms with Gasteiger partial charge >= 0.3 is 11.1 Å². The van der Waals surface area contributed by atoms with Gasteiger partial charge in [-0.05, 0) is 32.9 Å². The number of pyridine rings is 1. The molecule has 1 aliphatic heterocycles. The van der Waals surface area contributed by atoms with E-state index >= 15 is 0 Å². The lowest BCUT2D eigenvalue weighted by atomic mass is 10.2. The fourth-order valence-corrected chi connectivity index (χ4v) is 1.94. The summed E-state index contributed by atoms with van der Waals surface area (Å²) >= 11 is 12.3. The summed E-state index contributed by atoms with van der Waals surface area (Å²) < 4.78 is 6.27. The lowest BCUT2D eigenvalue weighted by Gasteiger charge is -2.34. The molecule has 0 radical (unpaired) electrons. The van der Waals surface area contributed by atoms with Gasteiger partial charge in [-0.2, -0.15) is 0 Å². The van der Waals surface area contributed by atoms with Crippen LogP contribution in [0.2, 0.25) is 0 Å². The maximum absolute atomic E-state index is 12.1. The summed E-state index contributed by atoms with van der Waals surface area (Å²) in [4.78, 5) is 20.2. The third-order valence-electron chi connectivity index (χ3n) is 2.30. The van der Waals surface area contributed by atoms with Gasteiger partial charge in [-0.1, -0.05) is 11.6 Å². The molecule has 7 heteroatoms. The molecule has 0 saturated heterocycles. The summed E-state index contributed by atoms with van der Waals surface area (Å²) in [5, 5.41) is -1.81. The first-order valence-corrected chi connectivity index (χ1v) is 6.34. The van der Waals surface area contributed by atoms with Crippen LogP contribution in [0.3, 0.4) is 0 Å². The highest BCUT2D eigenvalue weighted by Crippen LogP contribution is 2.37. The van der Waals surface area contributed by atoms with Gasteiger partial charge in [-0.3, -0.25) is 4.98 Å². The molecular formula is C12H13Cl2N3O2. The molecule has 1 atom stereocenters. The van der Waals surface area contributed by atoms with Crippen LogP contribution < -0.4 is 4.42 Å². The lowest BCUT2D eigenvalue weighted by Crippen LogP contribution is -2.49. The first-order valence-electron chi connectivity index (χ1n) is 5.63. The zero-order chi connectivity index (χ0) is 14.3. The van der Waals surface area contributed by atoms with Crippen LogP contribution in [0, 0.1) is 0 Å². The first-order chi connectivity index (χ1) is 8.74. The van der Waals surface area contributed by atoms with Crippen LogP contribution in [0.5, 0.6) is 0 Å². The normalized spacial score (nSPS) is 22.1. The highest BCUT2D eigenvalue weighted by atomic mass is 35.5. The van der Waals surface area contributed by atoms with E-state index in [1.807, 2.05) is 0 Å². The molecule has 0 aromatic carbocycles. The summed E-state index contributed by atoms with van der Waals surface area (Å²) in [7, 11) is 0. The molecule has 1 aromatic rings. The van der Waals surface area contributed by atoms with Crippen molar-refractivity contribution in [2.24, 2.45) is 4.99 Å². The van der Waals surface area contributed by atoms with Gasteiger partial charge in [0.15, 0.2) is 0 Å². The zero-order valence-corrected chi connectivity index (χ0v) is 12.2. The van der Waals surface area contributed by atoms with E-state index in [4.69, 9.17) is 28.1 Å². The Balaban J connectivity index is 2.35. The number of hydrogen-bond acceptors (Lipinski definition) is 5. The van der Waals surface area contributed by atoms with Crippen LogP contribution in [-0.2, 0) is 9.53 Å². The van der Waals surface area contributed by atoms with E-state index in [1.54, 1.807) is 39.1 Å². The van der Waals surface area contributed by atoms with Gasteiger partial charge in [-0.25, -0.2) is 14.2 Å². The maximum Gasteiger partial charge on any atom is 0.373 e. The minimum Gasteiger partial charge on any atom is -0.456 e. The summed E-state index contributed by atoms with van der Waals surface area (Å²) in [6, 6.07) is 3.39. The fourth-order valence-electron chi connectivity index (χ4n) is 1.51. The fraction of sp³-hybridized carbons (Fsp3) is 0.417. The van der Waals surface area contributed by atoms with Crippen molar-refractivity contribution in [1.29, 1.82) is 0 Å². The maximum atomic E-state index is 12.1. The molecule has 1 aliphatic rings. The third kappa shape index (κ3) is 2.67. The number of alkyl halides is 1. The summed E-state index contributed by atoms with van der Waals surface area (Å²) in [6.45, 7) is 5.23. The molecule has 1 aromatic heterocycles. The van der Waals surface area contributed by atoms with E-state index in [0.717, 1.165) is 4.42 Å². The van der Waals surface area contributed by atoms with E-state index in [-0.39, 0.29) is 0 Å². The molecule has 1 unspecified atom stereocenters. The Morgan fingerprint density at radius 2 is 2.16 bits per heavy atom. The molecule has 2 rings (SSSR count). The van der Waals surface area contributed by atoms with E-state index in [0.29, 0.717) is 11.4 Å². The first kappa shape index (κ1) is 14.1. The van der Waals surface area contributed by atoms with E-state index < -0.39 is 16.7 Å². The van der Waals surface area contributed by atoms with Crippen molar-refractivity contribution in [3.8, 4) is 0 Å². The van der Waals surface area contributed by atoms with Crippen molar-refractivity contribution < 1.29 is 9.53 Å². The molecule has 19 heavy (non-hydrogen) atoms. The Morgan fingerprint density at radius 3 is 2.79 bits per heavy atom. The SMILES string of the molecule is CC(C)(C)OC(=O)C1(Cl)N=Cc2ncccc2N1Cl. The summed E-state index contributed by atoms with van der Waals surface area (Å²) in [6.07, 6.45) is 3.01. The number of aromatic nitrogens is 1. The van der Waals surface area contributed by atoms with Crippen LogP contribution in [0.1, 0.15) is 26.5 Å². The number of anilines is 1. The quantitative estimate of drug-likeness (QED) is 0.346. The number of carbonyl (C=O) groups is 1. The number of rotatable bonds is 1. The van der Waals surface area contributed by atoms with Crippen molar-refractivity contribution in [1.82, 2.24) is 4.98 Å². The van der Waals surface area contributed by atoms with Gasteiger partial charge in [0.05, 0.1) is 11.9 Å². The number of ether oxygens (including phenoxy) is 1. The van der Waals surface area contributed by atoms with E-state index in [9.17, 15) is 4.79 Å². The third-order valence-corrected chi connectivity index (χ3v) is 3.24. The van der Waals surface area contributed by atoms with Crippen LogP contribution >= 0.6 is 23.4 Å². The van der Waals surface area contributed by atoms with Crippen molar-refractivity contribution in [2.75, 3.05) is 4.42 Å². The Hall–Kier alpha value is -1.33. The minimum atomic E-state index is -1.81. The van der Waals surface area contributed by atoms with Gasteiger partial charge < -0.3 is 4.74 Å². The number of aliphatic imine (C=N–C) groups is 1. The van der Waals surface area contributed by atoms with Gasteiger partial charge in [0, 0.05) is 18.0 Å². The molecule has 2 heterocycles. The molecule has 0 fully saturated rings. The smallest absolute Gasteiger partial charge is 0.373 e. The highest BCUT2D eigenvalue weighted by Gasteiger charge is 2.48. The zero-order valence-electron chi connectivity index (χ0n) is 10.7. The summed E-state index contributed by atoms with van der Waals surface area (Å²) in [5.41, 5.74) is 0.360. The highest BCUT2D eigenvalue weighted by molar-refractivity contribution is 6.44. The Kier molecular flexibility index (Phi) is 3.45. The molecule has 0 amide bonds. The van der Waals surface area contributed by atoms with Crippen LogP contribution in [0.15, 0.2) is 23.3 Å². The summed E-state index contributed by atoms with van der Waals surface area (Å²) in [5.74, 6) is -0.734. The minimum absolute atomic E-state index is 0.500. The van der Waals surface area contributed by atoms with Crippen molar-refractivity contribution in [3.05, 3.63) is 24.0 Å². The number of hydrogen-bond donors (Lipinski definition) is 0. The molecule has 0 spiro atoms. The van der Waals surface area contributed by atoms with Gasteiger partial charge in [-0.15, -0.1) is 0 Å². The van der Waals surface area contributed by atoms with Gasteiger partial charge in [0.1, 0.15) is 11.3 Å². The Labute approximate surface area is 121 Å². The molecular weight excluding hydrogens is 289 g/mol. The predicted octanol–water partition coefficient (Wildman–Crippen LogP) is 2.71. The van der Waals surface area contributed by atoms with Gasteiger partial charge in [0.25, 0.3) is 0 Å². The number of nitrogens with zero attached hydrogens (tertiary/aromatic N) is 3. The Bertz CT molecular complexity index is 542. The van der Waals surface area contributed by atoms with Crippen molar-refractivity contribution in [3.63, 3.8) is 0 Å². The monoisotopic (exact) mass is 301 g/mol. The van der Waals surface area contributed by atoms with E-state index in [2.05, 4.69) is 9.98 Å². The predicted molar refractivity (Wildman–Crippen MR) is 74.6 cm³/mol. The van der Waals surface area contributed by atoms with E-state index in [1.165, 1.54) is 6.21 Å². The van der Waals surface area contributed by atoms with Crippen molar-refractivity contribution >= 4 is 41.2 Å². The second kappa shape index (κ2) is 4.65. The lowest BCUT2D eigenvalue weighted by molar-refractivity contribution is -0.157. The standard InChI is InChI=1S/C12H13Cl2N3O2/c1-11(2,3)19-10(18)12(13)16-7-8-9(17(12)14)5-4-6-15-8/h4-7H,1-3H3.